The zero-order chi connectivity index (χ0) is 47.6. The number of hydrogen-bond acceptors (Lipinski definition) is 10. The number of rotatable bonds is 47. The van der Waals surface area contributed by atoms with Crippen molar-refractivity contribution in [3.8, 4) is 0 Å². The first-order valence-corrected chi connectivity index (χ1v) is 27.6. The van der Waals surface area contributed by atoms with Gasteiger partial charge in [0.1, 0.15) is 36.6 Å². The van der Waals surface area contributed by atoms with E-state index in [1.54, 1.807) is 0 Å². The Hall–Kier alpha value is -1.15. The third kappa shape index (κ3) is 33.1. The lowest BCUT2D eigenvalue weighted by Crippen LogP contribution is -2.60. The molecule has 11 nitrogen and oxygen atoms in total. The van der Waals surface area contributed by atoms with E-state index in [-0.39, 0.29) is 12.8 Å². The van der Waals surface area contributed by atoms with Gasteiger partial charge in [-0.1, -0.05) is 231 Å². The van der Waals surface area contributed by atoms with Crippen molar-refractivity contribution in [2.75, 3.05) is 13.2 Å². The highest BCUT2D eigenvalue weighted by Crippen LogP contribution is 2.23. The average Bonchev–Trinajstić information content (AvgIpc) is 3.31. The van der Waals surface area contributed by atoms with E-state index in [0.717, 1.165) is 38.5 Å². The Labute approximate surface area is 398 Å². The first kappa shape index (κ1) is 61.9. The van der Waals surface area contributed by atoms with Crippen LogP contribution in [0, 0.1) is 0 Å². The number of carbonyl (C=O) groups is 1. The van der Waals surface area contributed by atoms with Crippen LogP contribution in [0.5, 0.6) is 0 Å². The van der Waals surface area contributed by atoms with Crippen LogP contribution in [0.3, 0.4) is 0 Å². The smallest absolute Gasteiger partial charge is 0.249 e. The van der Waals surface area contributed by atoms with Crippen LogP contribution in [0.4, 0.5) is 0 Å². The van der Waals surface area contributed by atoms with Crippen LogP contribution in [-0.4, -0.2) is 110 Å². The zero-order valence-corrected chi connectivity index (χ0v) is 42.0. The van der Waals surface area contributed by atoms with Crippen LogP contribution in [0.25, 0.3) is 0 Å². The van der Waals surface area contributed by atoms with E-state index in [1.807, 2.05) is 0 Å². The van der Waals surface area contributed by atoms with Crippen molar-refractivity contribution in [2.45, 2.75) is 313 Å². The summed E-state index contributed by atoms with van der Waals surface area (Å²) in [7, 11) is 0. The highest BCUT2D eigenvalue weighted by Gasteiger charge is 2.44. The van der Waals surface area contributed by atoms with Crippen molar-refractivity contribution in [1.82, 2.24) is 5.32 Å². The zero-order valence-electron chi connectivity index (χ0n) is 42.0. The highest BCUT2D eigenvalue weighted by molar-refractivity contribution is 5.80. The van der Waals surface area contributed by atoms with Crippen LogP contribution >= 0.6 is 0 Å². The quantitative estimate of drug-likeness (QED) is 0.0215. The van der Waals surface area contributed by atoms with Gasteiger partial charge in [0.2, 0.25) is 5.91 Å². The summed E-state index contributed by atoms with van der Waals surface area (Å²) in [6.07, 6.45) is 38.4. The molecule has 1 heterocycles. The number of allylic oxidation sites excluding steroid dienone is 2. The molecule has 1 aliphatic rings. The largest absolute Gasteiger partial charge is 0.394 e. The van der Waals surface area contributed by atoms with Gasteiger partial charge in [-0.05, 0) is 38.5 Å². The molecule has 11 heteroatoms. The Morgan fingerprint density at radius 3 is 1.32 bits per heavy atom. The second kappa shape index (κ2) is 44.1. The Balaban J connectivity index is 2.34. The number of nitrogens with one attached hydrogen (secondary N) is 1. The molecule has 9 atom stereocenters. The van der Waals surface area contributed by atoms with E-state index in [1.165, 1.54) is 180 Å². The summed E-state index contributed by atoms with van der Waals surface area (Å²) in [6, 6.07) is -1.18. The Kier molecular flexibility index (Phi) is 42.0. The van der Waals surface area contributed by atoms with Crippen LogP contribution in [0.15, 0.2) is 12.2 Å². The summed E-state index contributed by atoms with van der Waals surface area (Å²) in [5.74, 6) is -0.701. The predicted octanol–water partition coefficient (Wildman–Crippen LogP) is 10.8. The molecular formula is C54H105NO10. The number of aliphatic hydroxyl groups is 7. The fourth-order valence-corrected chi connectivity index (χ4v) is 9.03. The van der Waals surface area contributed by atoms with Gasteiger partial charge in [0, 0.05) is 0 Å². The first-order chi connectivity index (χ1) is 31.7. The van der Waals surface area contributed by atoms with E-state index < -0.39 is 74.2 Å². The summed E-state index contributed by atoms with van der Waals surface area (Å²) in [4.78, 5) is 13.1. The van der Waals surface area contributed by atoms with Gasteiger partial charge in [-0.2, -0.15) is 0 Å². The van der Waals surface area contributed by atoms with E-state index >= 15 is 0 Å². The summed E-state index contributed by atoms with van der Waals surface area (Å²) in [5.41, 5.74) is 0. The lowest BCUT2D eigenvalue weighted by molar-refractivity contribution is -0.303. The van der Waals surface area contributed by atoms with Crippen LogP contribution in [-0.2, 0) is 14.3 Å². The molecule has 386 valence electrons. The third-order valence-corrected chi connectivity index (χ3v) is 13.6. The molecule has 1 rings (SSSR count). The number of ether oxygens (including phenoxy) is 2. The summed E-state index contributed by atoms with van der Waals surface area (Å²) in [6.45, 7) is 3.46. The van der Waals surface area contributed by atoms with Crippen LogP contribution in [0.1, 0.15) is 258 Å². The monoisotopic (exact) mass is 928 g/mol. The SMILES string of the molecule is CCCCCCCCCCCCC/C=C/CCCC(O)C(O)C(COC1OC(CO)C(O)C(O)C1O)NC(=O)C(O)CCCCCCCCCCCCCCCCCCCCCCCC. The van der Waals surface area contributed by atoms with Crippen molar-refractivity contribution in [1.29, 1.82) is 0 Å². The van der Waals surface area contributed by atoms with Gasteiger partial charge in [-0.3, -0.25) is 4.79 Å². The Bertz CT molecular complexity index is 1060. The molecular weight excluding hydrogens is 823 g/mol. The van der Waals surface area contributed by atoms with E-state index in [2.05, 4.69) is 31.3 Å². The average molecular weight is 928 g/mol. The van der Waals surface area contributed by atoms with Gasteiger partial charge in [-0.25, -0.2) is 0 Å². The molecule has 1 amide bonds. The van der Waals surface area contributed by atoms with Gasteiger partial charge >= 0.3 is 0 Å². The Morgan fingerprint density at radius 1 is 0.523 bits per heavy atom. The third-order valence-electron chi connectivity index (χ3n) is 13.6. The minimum atomic E-state index is -1.66. The lowest BCUT2D eigenvalue weighted by Gasteiger charge is -2.40. The molecule has 0 aromatic heterocycles. The van der Waals surface area contributed by atoms with Crippen molar-refractivity contribution in [3.63, 3.8) is 0 Å². The molecule has 0 bridgehead atoms. The number of hydrogen-bond donors (Lipinski definition) is 8. The van der Waals surface area contributed by atoms with Gasteiger partial charge in [0.15, 0.2) is 6.29 Å². The molecule has 0 radical (unpaired) electrons. The Morgan fingerprint density at radius 2 is 0.908 bits per heavy atom. The van der Waals surface area contributed by atoms with E-state index in [0.29, 0.717) is 12.8 Å². The maximum atomic E-state index is 13.1. The molecule has 0 aromatic carbocycles. The number of carbonyl (C=O) groups excluding carboxylic acids is 1. The second-order valence-electron chi connectivity index (χ2n) is 19.7. The molecule has 0 spiro atoms. The fraction of sp³-hybridized carbons (Fsp3) is 0.944. The number of aliphatic hydroxyl groups excluding tert-OH is 7. The molecule has 8 N–H and O–H groups in total. The molecule has 9 unspecified atom stereocenters. The number of amides is 1. The minimum Gasteiger partial charge on any atom is -0.394 e. The second-order valence-corrected chi connectivity index (χ2v) is 19.7. The van der Waals surface area contributed by atoms with Gasteiger partial charge in [0.05, 0.1) is 25.4 Å². The van der Waals surface area contributed by atoms with Crippen molar-refractivity contribution < 1.29 is 50.0 Å². The highest BCUT2D eigenvalue weighted by atomic mass is 16.7. The maximum Gasteiger partial charge on any atom is 0.249 e. The molecule has 0 saturated carbocycles. The molecule has 1 saturated heterocycles. The van der Waals surface area contributed by atoms with E-state index in [4.69, 9.17) is 9.47 Å². The molecule has 0 aromatic rings. The molecule has 0 aliphatic carbocycles. The topological polar surface area (TPSA) is 189 Å². The first-order valence-electron chi connectivity index (χ1n) is 27.6. The van der Waals surface area contributed by atoms with Gasteiger partial charge in [0.25, 0.3) is 0 Å². The van der Waals surface area contributed by atoms with Crippen molar-refractivity contribution >= 4 is 5.91 Å². The lowest BCUT2D eigenvalue weighted by atomic mass is 9.98. The van der Waals surface area contributed by atoms with Crippen molar-refractivity contribution in [2.24, 2.45) is 0 Å². The van der Waals surface area contributed by atoms with E-state index in [9.17, 15) is 40.5 Å². The standard InChI is InChI=1S/C54H105NO10/c1-3-5-7-9-11-13-15-17-19-21-22-23-24-25-26-28-30-32-34-36-38-40-42-47(58)53(63)55-45(44-64-54-52(62)51(61)50(60)48(43-56)65-54)49(59)46(57)41-39-37-35-33-31-29-27-20-18-16-14-12-10-8-6-4-2/h33,35,45-52,54,56-62H,3-32,34,36-44H2,1-2H3,(H,55,63)/b35-33+. The van der Waals surface area contributed by atoms with Gasteiger partial charge in [-0.15, -0.1) is 0 Å². The normalized spacial score (nSPS) is 20.9. The molecule has 1 aliphatic heterocycles. The van der Waals surface area contributed by atoms with Crippen molar-refractivity contribution in [3.05, 3.63) is 12.2 Å². The summed E-state index contributed by atoms with van der Waals surface area (Å²) in [5, 5.41) is 76.0. The predicted molar refractivity (Wildman–Crippen MR) is 266 cm³/mol. The number of unbranched alkanes of at least 4 members (excludes halogenated alkanes) is 33. The molecule has 1 fully saturated rings. The summed E-state index contributed by atoms with van der Waals surface area (Å²) < 4.78 is 11.1. The molecule has 65 heavy (non-hydrogen) atoms. The van der Waals surface area contributed by atoms with Gasteiger partial charge < -0.3 is 50.5 Å². The maximum absolute atomic E-state index is 13.1. The minimum absolute atomic E-state index is 0.259. The fourth-order valence-electron chi connectivity index (χ4n) is 9.03. The summed E-state index contributed by atoms with van der Waals surface area (Å²) >= 11 is 0. The van der Waals surface area contributed by atoms with Crippen LogP contribution in [0.2, 0.25) is 0 Å². The van der Waals surface area contributed by atoms with Crippen LogP contribution < -0.4 is 5.32 Å².